The number of carbonyl (C=O) groups is 1. The average molecular weight is 395 g/mol. The van der Waals surface area contributed by atoms with Gasteiger partial charge in [0.2, 0.25) is 0 Å². The first-order valence-corrected chi connectivity index (χ1v) is 9.06. The number of halogens is 2. The lowest BCUT2D eigenvalue weighted by atomic mass is 9.93. The van der Waals surface area contributed by atoms with E-state index in [0.717, 1.165) is 36.1 Å². The second-order valence-corrected chi connectivity index (χ2v) is 8.02. The first kappa shape index (κ1) is 21.4. The molecule has 27 heavy (non-hydrogen) atoms. The number of hydrogen-bond acceptors (Lipinski definition) is 3. The van der Waals surface area contributed by atoms with E-state index in [1.165, 1.54) is 6.07 Å². The van der Waals surface area contributed by atoms with Crippen molar-refractivity contribution in [2.24, 2.45) is 11.1 Å². The lowest BCUT2D eigenvalue weighted by molar-refractivity contribution is 0.0733. The maximum atomic E-state index is 14.5. The summed E-state index contributed by atoms with van der Waals surface area (Å²) in [5, 5.41) is 4.52. The molecule has 148 valence electrons. The maximum absolute atomic E-state index is 14.5. The molecule has 2 N–H and O–H groups in total. The van der Waals surface area contributed by atoms with Gasteiger partial charge in [-0.3, -0.25) is 4.79 Å². The zero-order chi connectivity index (χ0) is 19.1. The van der Waals surface area contributed by atoms with Gasteiger partial charge in [0, 0.05) is 24.8 Å². The average Bonchev–Trinajstić information content (AvgIpc) is 3.17. The van der Waals surface area contributed by atoms with Crippen molar-refractivity contribution in [1.82, 2.24) is 14.7 Å². The molecule has 0 spiro atoms. The summed E-state index contributed by atoms with van der Waals surface area (Å²) >= 11 is 0. The lowest BCUT2D eigenvalue weighted by Crippen LogP contribution is -2.40. The number of nitrogens with zero attached hydrogens (tertiary/aromatic N) is 3. The first-order valence-electron chi connectivity index (χ1n) is 9.06. The molecule has 2 aromatic rings. The second-order valence-electron chi connectivity index (χ2n) is 8.02. The molecule has 1 aromatic carbocycles. The van der Waals surface area contributed by atoms with Crippen LogP contribution in [0.15, 0.2) is 18.2 Å². The number of benzene rings is 1. The molecular weight excluding hydrogens is 367 g/mol. The van der Waals surface area contributed by atoms with Gasteiger partial charge in [0.05, 0.1) is 0 Å². The second kappa shape index (κ2) is 7.98. The fourth-order valence-electron chi connectivity index (χ4n) is 3.55. The highest BCUT2D eigenvalue weighted by atomic mass is 35.5. The summed E-state index contributed by atoms with van der Waals surface area (Å²) in [6.07, 6.45) is 2.57. The summed E-state index contributed by atoms with van der Waals surface area (Å²) in [5.41, 5.74) is 9.22. The fraction of sp³-hybridized carbons (Fsp3) is 0.500. The molecule has 0 radical (unpaired) electrons. The SMILES string of the molecule is Cc1ccc(-n2nc(C(=O)N(C)CC(C)(C)CN)c3c2CCC3)c(F)c1.Cl. The zero-order valence-electron chi connectivity index (χ0n) is 16.4. The predicted molar refractivity (Wildman–Crippen MR) is 107 cm³/mol. The fourth-order valence-corrected chi connectivity index (χ4v) is 3.55. The van der Waals surface area contributed by atoms with Crippen molar-refractivity contribution in [1.29, 1.82) is 0 Å². The Balaban J connectivity index is 0.00000261. The van der Waals surface area contributed by atoms with Crippen LogP contribution in [0.25, 0.3) is 5.69 Å². The van der Waals surface area contributed by atoms with Gasteiger partial charge in [0.15, 0.2) is 5.69 Å². The Kier molecular flexibility index (Phi) is 6.32. The molecule has 0 unspecified atom stereocenters. The summed E-state index contributed by atoms with van der Waals surface area (Å²) in [6, 6.07) is 5.08. The highest BCUT2D eigenvalue weighted by Crippen LogP contribution is 2.30. The van der Waals surface area contributed by atoms with Gasteiger partial charge in [-0.05, 0) is 55.8 Å². The normalized spacial score (nSPS) is 13.3. The van der Waals surface area contributed by atoms with Gasteiger partial charge in [-0.15, -0.1) is 12.4 Å². The third-order valence-electron chi connectivity index (χ3n) is 5.03. The van der Waals surface area contributed by atoms with Crippen LogP contribution in [-0.2, 0) is 12.8 Å². The number of hydrogen-bond donors (Lipinski definition) is 1. The highest BCUT2D eigenvalue weighted by molar-refractivity contribution is 5.94. The van der Waals surface area contributed by atoms with Gasteiger partial charge >= 0.3 is 0 Å². The smallest absolute Gasteiger partial charge is 0.274 e. The molecule has 1 heterocycles. The van der Waals surface area contributed by atoms with E-state index >= 15 is 0 Å². The van der Waals surface area contributed by atoms with Gasteiger partial charge in [0.1, 0.15) is 11.5 Å². The quantitative estimate of drug-likeness (QED) is 0.846. The summed E-state index contributed by atoms with van der Waals surface area (Å²) in [4.78, 5) is 14.7. The zero-order valence-corrected chi connectivity index (χ0v) is 17.2. The molecular formula is C20H28ClFN4O. The molecule has 1 aliphatic carbocycles. The van der Waals surface area contributed by atoms with Crippen molar-refractivity contribution in [3.63, 3.8) is 0 Å². The van der Waals surface area contributed by atoms with Crippen LogP contribution >= 0.6 is 12.4 Å². The van der Waals surface area contributed by atoms with Crippen molar-refractivity contribution < 1.29 is 9.18 Å². The van der Waals surface area contributed by atoms with Crippen LogP contribution in [0, 0.1) is 18.2 Å². The molecule has 1 aliphatic rings. The molecule has 3 rings (SSSR count). The van der Waals surface area contributed by atoms with Crippen molar-refractivity contribution in [2.45, 2.75) is 40.0 Å². The Morgan fingerprint density at radius 1 is 1.37 bits per heavy atom. The summed E-state index contributed by atoms with van der Waals surface area (Å²) in [5.74, 6) is -0.449. The minimum atomic E-state index is -0.321. The van der Waals surface area contributed by atoms with E-state index in [1.807, 2.05) is 26.8 Å². The van der Waals surface area contributed by atoms with E-state index in [4.69, 9.17) is 5.73 Å². The molecule has 0 fully saturated rings. The molecule has 1 aromatic heterocycles. The third kappa shape index (κ3) is 4.17. The minimum absolute atomic E-state index is 0. The molecule has 0 saturated carbocycles. The van der Waals surface area contributed by atoms with Gasteiger partial charge in [0.25, 0.3) is 5.91 Å². The van der Waals surface area contributed by atoms with Crippen LogP contribution in [-0.4, -0.2) is 40.7 Å². The third-order valence-corrected chi connectivity index (χ3v) is 5.03. The Hall–Kier alpha value is -1.92. The van der Waals surface area contributed by atoms with Crippen LogP contribution < -0.4 is 5.73 Å². The number of carbonyl (C=O) groups excluding carboxylic acids is 1. The standard InChI is InChI=1S/C20H27FN4O.ClH/c1-13-8-9-17(15(21)10-13)25-16-7-5-6-14(16)18(23-25)19(26)24(4)12-20(2,3)11-22;/h8-10H,5-7,11-12,22H2,1-4H3;1H. The van der Waals surface area contributed by atoms with Crippen LogP contribution in [0.5, 0.6) is 0 Å². The largest absolute Gasteiger partial charge is 0.340 e. The van der Waals surface area contributed by atoms with Gasteiger partial charge in [-0.2, -0.15) is 5.10 Å². The number of fused-ring (bicyclic) bond motifs is 1. The van der Waals surface area contributed by atoms with Crippen molar-refractivity contribution >= 4 is 18.3 Å². The van der Waals surface area contributed by atoms with Crippen molar-refractivity contribution in [3.8, 4) is 5.69 Å². The minimum Gasteiger partial charge on any atom is -0.340 e. The highest BCUT2D eigenvalue weighted by Gasteiger charge is 2.30. The Labute approximate surface area is 166 Å². The monoisotopic (exact) mass is 394 g/mol. The van der Waals surface area contributed by atoms with Gasteiger partial charge in [-0.25, -0.2) is 9.07 Å². The van der Waals surface area contributed by atoms with Gasteiger partial charge in [-0.1, -0.05) is 19.9 Å². The number of aryl methyl sites for hydroxylation is 1. The topological polar surface area (TPSA) is 64.2 Å². The Morgan fingerprint density at radius 3 is 2.70 bits per heavy atom. The molecule has 7 heteroatoms. The van der Waals surface area contributed by atoms with Crippen molar-refractivity contribution in [3.05, 3.63) is 46.5 Å². The van der Waals surface area contributed by atoms with Crippen LogP contribution in [0.2, 0.25) is 0 Å². The first-order chi connectivity index (χ1) is 12.2. The molecule has 0 atom stereocenters. The van der Waals surface area contributed by atoms with Crippen LogP contribution in [0.1, 0.15) is 47.6 Å². The maximum Gasteiger partial charge on any atom is 0.274 e. The number of aromatic nitrogens is 2. The van der Waals surface area contributed by atoms with Crippen molar-refractivity contribution in [2.75, 3.05) is 20.1 Å². The van der Waals surface area contributed by atoms with Crippen LogP contribution in [0.3, 0.4) is 0 Å². The number of rotatable bonds is 5. The van der Waals surface area contributed by atoms with Crippen LogP contribution in [0.4, 0.5) is 4.39 Å². The summed E-state index contributed by atoms with van der Waals surface area (Å²) in [7, 11) is 1.77. The van der Waals surface area contributed by atoms with E-state index in [1.54, 1.807) is 22.7 Å². The van der Waals surface area contributed by atoms with E-state index in [0.29, 0.717) is 24.5 Å². The number of amides is 1. The lowest BCUT2D eigenvalue weighted by Gasteiger charge is -2.28. The molecule has 1 amide bonds. The van der Waals surface area contributed by atoms with E-state index < -0.39 is 0 Å². The Bertz CT molecular complexity index is 847. The Morgan fingerprint density at radius 2 is 2.07 bits per heavy atom. The molecule has 5 nitrogen and oxygen atoms in total. The molecule has 0 saturated heterocycles. The summed E-state index contributed by atoms with van der Waals surface area (Å²) in [6.45, 7) is 6.95. The predicted octanol–water partition coefficient (Wildman–Crippen LogP) is 3.29. The van der Waals surface area contributed by atoms with Gasteiger partial charge < -0.3 is 10.6 Å². The number of nitrogens with two attached hydrogens (primary N) is 1. The molecule has 0 aliphatic heterocycles. The molecule has 0 bridgehead atoms. The summed E-state index contributed by atoms with van der Waals surface area (Å²) < 4.78 is 16.1. The van der Waals surface area contributed by atoms with E-state index in [2.05, 4.69) is 5.10 Å². The van der Waals surface area contributed by atoms with E-state index in [9.17, 15) is 9.18 Å². The van der Waals surface area contributed by atoms with E-state index in [-0.39, 0.29) is 29.5 Å².